The Morgan fingerprint density at radius 1 is 0.967 bits per heavy atom. The van der Waals surface area contributed by atoms with Gasteiger partial charge in [0, 0.05) is 4.47 Å². The van der Waals surface area contributed by atoms with Crippen molar-refractivity contribution in [2.45, 2.75) is 67.1 Å². The van der Waals surface area contributed by atoms with Gasteiger partial charge < -0.3 is 20.4 Å². The topological polar surface area (TPSA) is 122 Å². The molecule has 174 valence electrons. The maximum Gasteiger partial charge on any atom is 4.00 e. The van der Waals surface area contributed by atoms with Crippen molar-refractivity contribution < 1.29 is 46.4 Å². The Balaban J connectivity index is -0.000000134. The fraction of sp³-hybridized carbons (Fsp3) is 0.667. The van der Waals surface area contributed by atoms with Crippen LogP contribution in [0.1, 0.15) is 66.5 Å². The Morgan fingerprint density at radius 2 is 1.30 bits per heavy atom. The second-order valence-electron chi connectivity index (χ2n) is 6.15. The Kier molecular flexibility index (Phi) is 36.5. The zero-order valence-corrected chi connectivity index (χ0v) is 23.8. The van der Waals surface area contributed by atoms with Gasteiger partial charge in [-0.1, -0.05) is 49.7 Å². The molecule has 0 aliphatic heterocycles. The molecule has 0 unspecified atom stereocenters. The second-order valence-corrected chi connectivity index (χ2v) is 8.97. The van der Waals surface area contributed by atoms with E-state index in [9.17, 15) is 4.21 Å². The van der Waals surface area contributed by atoms with Gasteiger partial charge in [0.2, 0.25) is 0 Å². The maximum absolute atomic E-state index is 11.9. The van der Waals surface area contributed by atoms with Gasteiger partial charge in [-0.2, -0.15) is 4.40 Å². The van der Waals surface area contributed by atoms with E-state index >= 15 is 0 Å². The molecule has 0 heterocycles. The minimum absolute atomic E-state index is 0. The summed E-state index contributed by atoms with van der Waals surface area (Å²) < 4.78 is 17.0. The molecule has 0 bridgehead atoms. The molecular formula is C21H38BrNO5STi. The number of benzene rings is 1. The maximum atomic E-state index is 11.9. The van der Waals surface area contributed by atoms with E-state index in [0.717, 1.165) is 21.3 Å². The van der Waals surface area contributed by atoms with Crippen LogP contribution in [0.5, 0.6) is 0 Å². The van der Waals surface area contributed by atoms with Crippen LogP contribution in [0.3, 0.4) is 0 Å². The van der Waals surface area contributed by atoms with Gasteiger partial charge in [0.1, 0.15) is 11.0 Å². The normalized spacial score (nSPS) is 10.8. The third-order valence-electron chi connectivity index (χ3n) is 2.32. The van der Waals surface area contributed by atoms with Crippen LogP contribution in [0.4, 0.5) is 0 Å². The van der Waals surface area contributed by atoms with Gasteiger partial charge in [0.15, 0.2) is 0 Å². The summed E-state index contributed by atoms with van der Waals surface area (Å²) in [6.07, 6.45) is 0. The number of rotatable bonds is 2. The van der Waals surface area contributed by atoms with Crippen LogP contribution in [-0.4, -0.2) is 41.1 Å². The summed E-state index contributed by atoms with van der Waals surface area (Å²) in [4.78, 5) is 0. The molecule has 1 rings (SSSR count). The third-order valence-corrected chi connectivity index (χ3v) is 4.30. The number of halogens is 1. The van der Waals surface area contributed by atoms with Crippen molar-refractivity contribution in [3.05, 3.63) is 33.8 Å². The Hall–Kier alpha value is 0.0743. The van der Waals surface area contributed by atoms with Crippen LogP contribution < -0.4 is 20.4 Å². The van der Waals surface area contributed by atoms with Crippen molar-refractivity contribution in [2.24, 2.45) is 4.40 Å². The van der Waals surface area contributed by atoms with Crippen LogP contribution in [0.25, 0.3) is 0 Å². The van der Waals surface area contributed by atoms with E-state index in [-0.39, 0.29) is 52.9 Å². The van der Waals surface area contributed by atoms with E-state index in [1.165, 1.54) is 0 Å². The minimum Gasteiger partial charge on any atom is -0.855 e. The average molecular weight is 544 g/mol. The number of hydrogen-bond acceptors (Lipinski definition) is 5. The van der Waals surface area contributed by atoms with Gasteiger partial charge in [-0.05, 0) is 57.9 Å². The van der Waals surface area contributed by atoms with Gasteiger partial charge >= 0.3 is 21.7 Å². The molecule has 0 saturated heterocycles. The van der Waals surface area contributed by atoms with Crippen LogP contribution >= 0.6 is 15.9 Å². The molecule has 1 aromatic rings. The molecule has 6 nitrogen and oxygen atoms in total. The average Bonchev–Trinajstić information content (AvgIpc) is 2.56. The van der Waals surface area contributed by atoms with Gasteiger partial charge in [0.25, 0.3) is 0 Å². The predicted molar refractivity (Wildman–Crippen MR) is 121 cm³/mol. The Morgan fingerprint density at radius 3 is 1.57 bits per heavy atom. The summed E-state index contributed by atoms with van der Waals surface area (Å²) in [7, 11) is -1.21. The molecule has 0 amide bonds. The monoisotopic (exact) mass is 543 g/mol. The molecule has 0 saturated carbocycles. The van der Waals surface area contributed by atoms with E-state index in [4.69, 9.17) is 20.4 Å². The van der Waals surface area contributed by atoms with Gasteiger partial charge in [-0.3, -0.25) is 0 Å². The van der Waals surface area contributed by atoms with E-state index in [1.54, 1.807) is 27.7 Å². The van der Waals surface area contributed by atoms with E-state index in [0.29, 0.717) is 0 Å². The van der Waals surface area contributed by atoms with Crippen molar-refractivity contribution in [2.75, 3.05) is 26.4 Å². The first-order chi connectivity index (χ1) is 13.4. The molecule has 0 spiro atoms. The third kappa shape index (κ3) is 28.1. The molecule has 0 aliphatic rings. The first-order valence-corrected chi connectivity index (χ1v) is 11.3. The van der Waals surface area contributed by atoms with E-state index in [1.807, 2.05) is 52.8 Å². The standard InChI is InChI=1S/C13H18BrNOS.4C2H5O.Ti/c1-9-8-11(14)6-7-12(9)10(2)15-17(16)13(3,4)5;4*1-2-3;/h6-8H,1-5H3;4*2H2,1H3;/q;4*-1;+4/t17-;;;;;/m1...../s1. The van der Waals surface area contributed by atoms with Crippen molar-refractivity contribution in [3.8, 4) is 0 Å². The SMILES string of the molecule is CC(=N[S@](=O)C(C)(C)C)c1ccc(Br)cc1C.CC[O-].CC[O-].CC[O-].CC[O-].[Ti+4]. The molecule has 30 heavy (non-hydrogen) atoms. The molecule has 1 aromatic carbocycles. The Bertz CT molecular complexity index is 545. The summed E-state index contributed by atoms with van der Waals surface area (Å²) in [6, 6.07) is 6.01. The van der Waals surface area contributed by atoms with Gasteiger partial charge in [-0.25, -0.2) is 4.21 Å². The van der Waals surface area contributed by atoms with Crippen LogP contribution in [-0.2, 0) is 32.7 Å². The largest absolute Gasteiger partial charge is 4.00 e. The zero-order chi connectivity index (χ0) is 24.0. The Labute approximate surface area is 209 Å². The second kappa shape index (κ2) is 27.1. The zero-order valence-electron chi connectivity index (χ0n) is 19.8. The number of aryl methyl sites for hydroxylation is 1. The van der Waals surface area contributed by atoms with Crippen molar-refractivity contribution in [1.82, 2.24) is 0 Å². The summed E-state index contributed by atoms with van der Waals surface area (Å²) in [5.41, 5.74) is 3.00. The van der Waals surface area contributed by atoms with Gasteiger partial charge in [0.05, 0.1) is 10.5 Å². The van der Waals surface area contributed by atoms with Gasteiger partial charge in [-0.15, -0.1) is 26.4 Å². The van der Waals surface area contributed by atoms with Crippen molar-refractivity contribution >= 4 is 32.6 Å². The molecule has 0 aliphatic carbocycles. The summed E-state index contributed by atoms with van der Waals surface area (Å²) in [5.74, 6) is 0. The van der Waals surface area contributed by atoms with E-state index < -0.39 is 11.0 Å². The predicted octanol–water partition coefficient (Wildman–Crippen LogP) is 1.49. The first kappa shape index (κ1) is 40.4. The first-order valence-electron chi connectivity index (χ1n) is 9.44. The number of hydrogen-bond donors (Lipinski definition) is 0. The molecule has 0 N–H and O–H groups in total. The molecule has 9 heteroatoms. The molecule has 0 fully saturated rings. The molecular weight excluding hydrogens is 506 g/mol. The van der Waals surface area contributed by atoms with Crippen molar-refractivity contribution in [3.63, 3.8) is 0 Å². The summed E-state index contributed by atoms with van der Waals surface area (Å²) >= 11 is 3.43. The summed E-state index contributed by atoms with van der Waals surface area (Å²) in [6.45, 7) is 16.0. The van der Waals surface area contributed by atoms with Crippen molar-refractivity contribution in [1.29, 1.82) is 0 Å². The minimum atomic E-state index is -1.21. The quantitative estimate of drug-likeness (QED) is 0.413. The van der Waals surface area contributed by atoms with Crippen LogP contribution in [0, 0.1) is 6.92 Å². The van der Waals surface area contributed by atoms with E-state index in [2.05, 4.69) is 20.3 Å². The molecule has 1 atom stereocenters. The molecule has 0 radical (unpaired) electrons. The smallest absolute Gasteiger partial charge is 0.855 e. The van der Waals surface area contributed by atoms with Crippen LogP contribution in [0.2, 0.25) is 0 Å². The fourth-order valence-corrected chi connectivity index (χ4v) is 2.44. The van der Waals surface area contributed by atoms with Crippen LogP contribution in [0.15, 0.2) is 27.1 Å². The fourth-order valence-electron chi connectivity index (χ4n) is 1.34. The summed E-state index contributed by atoms with van der Waals surface area (Å²) in [5, 5.41) is 35.7. The number of nitrogens with zero attached hydrogens (tertiary/aromatic N) is 1. The molecule has 0 aromatic heterocycles.